The fourth-order valence-electron chi connectivity index (χ4n) is 3.72. The molecule has 0 unspecified atom stereocenters. The van der Waals surface area contributed by atoms with Crippen molar-refractivity contribution >= 4 is 23.1 Å². The van der Waals surface area contributed by atoms with Gasteiger partial charge in [-0.3, -0.25) is 4.79 Å². The highest BCUT2D eigenvalue weighted by Gasteiger charge is 2.39. The molecule has 2 aromatic rings. The van der Waals surface area contributed by atoms with Crippen LogP contribution >= 0.6 is 11.6 Å². The molecule has 0 atom stereocenters. The van der Waals surface area contributed by atoms with Crippen LogP contribution in [-0.4, -0.2) is 24.5 Å². The Morgan fingerprint density at radius 1 is 1.19 bits per heavy atom. The van der Waals surface area contributed by atoms with Crippen LogP contribution in [0, 0.1) is 0 Å². The Hall–Kier alpha value is -2.04. The lowest BCUT2D eigenvalue weighted by Gasteiger charge is -2.16. The topological polar surface area (TPSA) is 50.4 Å². The summed E-state index contributed by atoms with van der Waals surface area (Å²) in [6, 6.07) is 9.91. The third-order valence-corrected chi connectivity index (χ3v) is 5.47. The lowest BCUT2D eigenvalue weighted by molar-refractivity contribution is 0.0684. The number of ketones is 1. The third kappa shape index (κ3) is 3.08. The number of carbonyl (C=O) groups is 1. The molecule has 0 aromatic heterocycles. The van der Waals surface area contributed by atoms with Gasteiger partial charge in [-0.05, 0) is 74.7 Å². The zero-order valence-electron chi connectivity index (χ0n) is 15.1. The van der Waals surface area contributed by atoms with Gasteiger partial charge < -0.3 is 15.4 Å². The number of halogens is 1. The lowest BCUT2D eigenvalue weighted by atomic mass is 9.98. The number of Topliss-reactive ketones (excluding diaryl/α,β-unsaturated/α-hetero) is 1. The van der Waals surface area contributed by atoms with E-state index in [1.54, 1.807) is 13.8 Å². The van der Waals surface area contributed by atoms with Crippen molar-refractivity contribution in [3.8, 4) is 5.75 Å². The molecular formula is C21H23ClN2O2. The van der Waals surface area contributed by atoms with Gasteiger partial charge in [0.1, 0.15) is 5.75 Å². The van der Waals surface area contributed by atoms with E-state index in [1.807, 2.05) is 24.3 Å². The van der Waals surface area contributed by atoms with Crippen molar-refractivity contribution in [2.45, 2.75) is 38.8 Å². The van der Waals surface area contributed by atoms with Crippen LogP contribution in [0.2, 0.25) is 5.02 Å². The van der Waals surface area contributed by atoms with E-state index in [-0.39, 0.29) is 5.78 Å². The minimum atomic E-state index is -0.776. The molecule has 4 nitrogen and oxygen atoms in total. The first kappa shape index (κ1) is 17.4. The minimum absolute atomic E-state index is 0.0343. The number of benzene rings is 2. The maximum atomic E-state index is 12.5. The van der Waals surface area contributed by atoms with Gasteiger partial charge in [0, 0.05) is 6.54 Å². The molecule has 2 heterocycles. The summed E-state index contributed by atoms with van der Waals surface area (Å²) < 4.78 is 5.73. The Morgan fingerprint density at radius 2 is 2.00 bits per heavy atom. The predicted octanol–water partition coefficient (Wildman–Crippen LogP) is 3.99. The summed E-state index contributed by atoms with van der Waals surface area (Å²) in [4.78, 5) is 12.5. The van der Waals surface area contributed by atoms with Gasteiger partial charge in [-0.25, -0.2) is 0 Å². The molecule has 0 saturated carbocycles. The Balaban J connectivity index is 1.58. The van der Waals surface area contributed by atoms with E-state index >= 15 is 0 Å². The maximum Gasteiger partial charge on any atom is 0.209 e. The molecule has 2 aliphatic rings. The van der Waals surface area contributed by atoms with Crippen LogP contribution in [-0.2, 0) is 19.4 Å². The molecule has 2 aliphatic heterocycles. The summed E-state index contributed by atoms with van der Waals surface area (Å²) in [6.07, 6.45) is 1.98. The SMILES string of the molecule is CC1(C)Oc2ccc(CNc3c(Cl)ccc4c3CCNCC4)cc2C1=O. The highest BCUT2D eigenvalue weighted by Crippen LogP contribution is 2.36. The summed E-state index contributed by atoms with van der Waals surface area (Å²) in [5.41, 5.74) is 4.58. The van der Waals surface area contributed by atoms with Gasteiger partial charge in [-0.1, -0.05) is 23.7 Å². The Kier molecular flexibility index (Phi) is 4.41. The van der Waals surface area contributed by atoms with Crippen LogP contribution in [0.1, 0.15) is 40.9 Å². The average molecular weight is 371 g/mol. The van der Waals surface area contributed by atoms with Gasteiger partial charge in [0.2, 0.25) is 5.78 Å². The fraction of sp³-hybridized carbons (Fsp3) is 0.381. The highest BCUT2D eigenvalue weighted by atomic mass is 35.5. The first-order chi connectivity index (χ1) is 12.5. The second-order valence-electron chi connectivity index (χ2n) is 7.44. The molecular weight excluding hydrogens is 348 g/mol. The van der Waals surface area contributed by atoms with Crippen LogP contribution in [0.5, 0.6) is 5.75 Å². The van der Waals surface area contributed by atoms with Crippen molar-refractivity contribution in [3.05, 3.63) is 57.6 Å². The van der Waals surface area contributed by atoms with E-state index in [4.69, 9.17) is 16.3 Å². The number of hydrogen-bond acceptors (Lipinski definition) is 4. The van der Waals surface area contributed by atoms with Gasteiger partial charge >= 0.3 is 0 Å². The standard InChI is InChI=1S/C21H23ClN2O2/c1-21(2)20(25)16-11-13(3-6-18(16)26-21)12-24-19-15-8-10-23-9-7-14(15)4-5-17(19)22/h3-6,11,23-24H,7-10,12H2,1-2H3. The number of fused-ring (bicyclic) bond motifs is 2. The van der Waals surface area contributed by atoms with Gasteiger partial charge in [-0.2, -0.15) is 0 Å². The number of nitrogens with one attached hydrogen (secondary N) is 2. The van der Waals surface area contributed by atoms with E-state index in [9.17, 15) is 4.79 Å². The van der Waals surface area contributed by atoms with Crippen molar-refractivity contribution in [3.63, 3.8) is 0 Å². The monoisotopic (exact) mass is 370 g/mol. The molecule has 0 bridgehead atoms. The number of rotatable bonds is 3. The second-order valence-corrected chi connectivity index (χ2v) is 7.84. The normalized spacial score (nSPS) is 17.9. The molecule has 2 aromatic carbocycles. The quantitative estimate of drug-likeness (QED) is 0.857. The Labute approximate surface area is 158 Å². The molecule has 0 amide bonds. The summed E-state index contributed by atoms with van der Waals surface area (Å²) >= 11 is 6.48. The van der Waals surface area contributed by atoms with E-state index < -0.39 is 5.60 Å². The molecule has 0 spiro atoms. The molecule has 0 saturated heterocycles. The highest BCUT2D eigenvalue weighted by molar-refractivity contribution is 6.33. The van der Waals surface area contributed by atoms with Crippen LogP contribution in [0.15, 0.2) is 30.3 Å². The number of hydrogen-bond donors (Lipinski definition) is 2. The molecule has 4 rings (SSSR count). The van der Waals surface area contributed by atoms with Crippen LogP contribution in [0.4, 0.5) is 5.69 Å². The molecule has 26 heavy (non-hydrogen) atoms. The van der Waals surface area contributed by atoms with E-state index in [0.29, 0.717) is 17.9 Å². The van der Waals surface area contributed by atoms with Gasteiger partial charge in [-0.15, -0.1) is 0 Å². The van der Waals surface area contributed by atoms with E-state index in [1.165, 1.54) is 11.1 Å². The minimum Gasteiger partial charge on any atom is -0.479 e. The summed E-state index contributed by atoms with van der Waals surface area (Å²) in [7, 11) is 0. The lowest BCUT2D eigenvalue weighted by Crippen LogP contribution is -2.31. The summed E-state index contributed by atoms with van der Waals surface area (Å²) in [6.45, 7) is 6.18. The maximum absolute atomic E-state index is 12.5. The van der Waals surface area contributed by atoms with Crippen molar-refractivity contribution < 1.29 is 9.53 Å². The van der Waals surface area contributed by atoms with E-state index in [0.717, 1.165) is 42.2 Å². The van der Waals surface area contributed by atoms with Crippen molar-refractivity contribution in [2.75, 3.05) is 18.4 Å². The zero-order chi connectivity index (χ0) is 18.3. The van der Waals surface area contributed by atoms with Crippen molar-refractivity contribution in [2.24, 2.45) is 0 Å². The summed E-state index contributed by atoms with van der Waals surface area (Å²) in [5.74, 6) is 0.702. The molecule has 5 heteroatoms. The largest absolute Gasteiger partial charge is 0.479 e. The Bertz CT molecular complexity index is 877. The first-order valence-corrected chi connectivity index (χ1v) is 9.45. The number of carbonyl (C=O) groups excluding carboxylic acids is 1. The number of anilines is 1. The smallest absolute Gasteiger partial charge is 0.209 e. The van der Waals surface area contributed by atoms with Crippen LogP contribution < -0.4 is 15.4 Å². The molecule has 0 radical (unpaired) electrons. The van der Waals surface area contributed by atoms with Gasteiger partial charge in [0.15, 0.2) is 5.60 Å². The predicted molar refractivity (Wildman–Crippen MR) is 105 cm³/mol. The Morgan fingerprint density at radius 3 is 2.85 bits per heavy atom. The van der Waals surface area contributed by atoms with Crippen molar-refractivity contribution in [1.82, 2.24) is 5.32 Å². The van der Waals surface area contributed by atoms with Crippen LogP contribution in [0.25, 0.3) is 0 Å². The average Bonchev–Trinajstić information content (AvgIpc) is 2.78. The second kappa shape index (κ2) is 6.60. The molecule has 136 valence electrons. The molecule has 0 aliphatic carbocycles. The van der Waals surface area contributed by atoms with Crippen LogP contribution in [0.3, 0.4) is 0 Å². The third-order valence-electron chi connectivity index (χ3n) is 5.15. The number of ether oxygens (including phenoxy) is 1. The summed E-state index contributed by atoms with van der Waals surface area (Å²) in [5, 5.41) is 7.68. The molecule has 2 N–H and O–H groups in total. The zero-order valence-corrected chi connectivity index (χ0v) is 15.9. The van der Waals surface area contributed by atoms with E-state index in [2.05, 4.69) is 16.7 Å². The fourth-order valence-corrected chi connectivity index (χ4v) is 3.97. The van der Waals surface area contributed by atoms with Gasteiger partial charge in [0.05, 0.1) is 16.3 Å². The molecule has 0 fully saturated rings. The van der Waals surface area contributed by atoms with Gasteiger partial charge in [0.25, 0.3) is 0 Å². The first-order valence-electron chi connectivity index (χ1n) is 9.07. The van der Waals surface area contributed by atoms with Crippen molar-refractivity contribution in [1.29, 1.82) is 0 Å².